The van der Waals surface area contributed by atoms with Crippen LogP contribution in [0.15, 0.2) is 25.3 Å². The molecular formula is C16H27BrN2O2. The third kappa shape index (κ3) is 11.3. The lowest BCUT2D eigenvalue weighted by atomic mass is 9.95. The molecule has 2 aliphatic heterocycles. The average molecular weight is 359 g/mol. The first-order valence-electron chi connectivity index (χ1n) is 7.47. The highest BCUT2D eigenvalue weighted by Gasteiger charge is 2.19. The van der Waals surface area contributed by atoms with Crippen LogP contribution in [0.1, 0.15) is 38.5 Å². The minimum atomic E-state index is 0.200. The number of carbonyl (C=O) groups is 2. The molecule has 0 spiro atoms. The van der Waals surface area contributed by atoms with Crippen LogP contribution in [0.5, 0.6) is 0 Å². The molecule has 2 N–H and O–H groups in total. The molecular weight excluding hydrogens is 332 g/mol. The van der Waals surface area contributed by atoms with Gasteiger partial charge in [0.05, 0.1) is 0 Å². The van der Waals surface area contributed by atoms with Gasteiger partial charge in [0.15, 0.2) is 0 Å². The van der Waals surface area contributed by atoms with E-state index in [1.54, 1.807) is 6.08 Å². The fraction of sp³-hybridized carbons (Fsp3) is 0.625. The molecule has 2 rings (SSSR count). The molecule has 5 heteroatoms. The van der Waals surface area contributed by atoms with Crippen molar-refractivity contribution in [1.29, 1.82) is 0 Å². The summed E-state index contributed by atoms with van der Waals surface area (Å²) in [6.07, 6.45) is 9.54. The van der Waals surface area contributed by atoms with Crippen LogP contribution >= 0.6 is 15.9 Å². The Bertz CT molecular complexity index is 324. The molecule has 120 valence electrons. The molecule has 2 heterocycles. The summed E-state index contributed by atoms with van der Waals surface area (Å²) in [4.78, 5) is 21.4. The molecule has 1 unspecified atom stereocenters. The first-order valence-corrected chi connectivity index (χ1v) is 8.60. The lowest BCUT2D eigenvalue weighted by Gasteiger charge is -2.19. The number of allylic oxidation sites excluding steroid dienone is 2. The molecule has 1 atom stereocenters. The Hall–Kier alpha value is -1.10. The molecule has 0 radical (unpaired) electrons. The first-order chi connectivity index (χ1) is 10.2. The maximum Gasteiger partial charge on any atom is 0.223 e. The van der Waals surface area contributed by atoms with Crippen LogP contribution in [0.2, 0.25) is 0 Å². The van der Waals surface area contributed by atoms with Gasteiger partial charge in [0.1, 0.15) is 0 Å². The zero-order valence-electron chi connectivity index (χ0n) is 12.7. The van der Waals surface area contributed by atoms with Crippen LogP contribution < -0.4 is 10.6 Å². The van der Waals surface area contributed by atoms with Crippen molar-refractivity contribution >= 4 is 27.7 Å². The highest BCUT2D eigenvalue weighted by atomic mass is 79.9. The normalized spacial score (nSPS) is 20.5. The summed E-state index contributed by atoms with van der Waals surface area (Å²) in [5, 5.41) is 6.47. The second-order valence-electron chi connectivity index (χ2n) is 4.90. The number of carbonyl (C=O) groups excluding carboxylic acids is 2. The van der Waals surface area contributed by atoms with Crippen molar-refractivity contribution in [1.82, 2.24) is 10.6 Å². The molecule has 2 aliphatic rings. The van der Waals surface area contributed by atoms with Crippen LogP contribution in [0.3, 0.4) is 0 Å². The Labute approximate surface area is 136 Å². The fourth-order valence-electron chi connectivity index (χ4n) is 1.99. The Morgan fingerprint density at radius 1 is 1.10 bits per heavy atom. The van der Waals surface area contributed by atoms with Gasteiger partial charge in [-0.1, -0.05) is 28.1 Å². The van der Waals surface area contributed by atoms with Crippen LogP contribution in [-0.4, -0.2) is 30.2 Å². The van der Waals surface area contributed by atoms with Gasteiger partial charge in [0, 0.05) is 30.8 Å². The van der Waals surface area contributed by atoms with E-state index < -0.39 is 0 Å². The molecule has 2 amide bonds. The van der Waals surface area contributed by atoms with Gasteiger partial charge in [-0.2, -0.15) is 0 Å². The third-order valence-corrected chi connectivity index (χ3v) is 3.57. The second kappa shape index (κ2) is 13.9. The van der Waals surface area contributed by atoms with Crippen molar-refractivity contribution in [2.75, 3.05) is 18.4 Å². The van der Waals surface area contributed by atoms with Crippen molar-refractivity contribution in [2.45, 2.75) is 38.5 Å². The van der Waals surface area contributed by atoms with Crippen molar-refractivity contribution < 1.29 is 9.59 Å². The van der Waals surface area contributed by atoms with Crippen molar-refractivity contribution in [3.05, 3.63) is 25.3 Å². The van der Waals surface area contributed by atoms with Gasteiger partial charge in [-0.15, -0.1) is 13.2 Å². The summed E-state index contributed by atoms with van der Waals surface area (Å²) in [6.45, 7) is 8.78. The fourth-order valence-corrected chi connectivity index (χ4v) is 1.99. The number of alkyl halides is 1. The summed E-state index contributed by atoms with van der Waals surface area (Å²) >= 11 is 3.13. The van der Waals surface area contributed by atoms with Crippen molar-refractivity contribution in [2.24, 2.45) is 5.92 Å². The lowest BCUT2D eigenvalue weighted by molar-refractivity contribution is -0.126. The smallest absolute Gasteiger partial charge is 0.223 e. The number of hydrogen-bond donors (Lipinski definition) is 2. The van der Waals surface area contributed by atoms with Crippen LogP contribution in [0, 0.1) is 5.92 Å². The molecule has 2 fully saturated rings. The van der Waals surface area contributed by atoms with Crippen molar-refractivity contribution in [3.8, 4) is 0 Å². The monoisotopic (exact) mass is 358 g/mol. The van der Waals surface area contributed by atoms with Crippen LogP contribution in [0.4, 0.5) is 0 Å². The number of halogens is 1. The number of hydrogen-bond acceptors (Lipinski definition) is 2. The van der Waals surface area contributed by atoms with Gasteiger partial charge in [-0.05, 0) is 32.1 Å². The first kappa shape index (κ1) is 19.9. The van der Waals surface area contributed by atoms with E-state index in [0.29, 0.717) is 0 Å². The maximum atomic E-state index is 11.0. The van der Waals surface area contributed by atoms with Gasteiger partial charge < -0.3 is 10.6 Å². The van der Waals surface area contributed by atoms with Gasteiger partial charge in [0.2, 0.25) is 11.8 Å². The molecule has 0 aliphatic carbocycles. The third-order valence-electron chi connectivity index (χ3n) is 3.11. The maximum absolute atomic E-state index is 11.0. The summed E-state index contributed by atoms with van der Waals surface area (Å²) in [5.74, 6) is 0.614. The van der Waals surface area contributed by atoms with E-state index in [0.717, 1.165) is 56.9 Å². The van der Waals surface area contributed by atoms with Crippen LogP contribution in [-0.2, 0) is 9.59 Å². The summed E-state index contributed by atoms with van der Waals surface area (Å²) in [6, 6.07) is 0. The summed E-state index contributed by atoms with van der Waals surface area (Å²) < 4.78 is 0. The highest BCUT2D eigenvalue weighted by molar-refractivity contribution is 9.09. The van der Waals surface area contributed by atoms with E-state index >= 15 is 0 Å². The van der Waals surface area contributed by atoms with Gasteiger partial charge in [-0.3, -0.25) is 9.59 Å². The number of amides is 2. The zero-order chi connectivity index (χ0) is 15.9. The molecule has 0 saturated carbocycles. The number of piperidine rings is 2. The SMILES string of the molecule is C=CCBr.C=CCC1CCCNC1=O.O=C1CCCCN1. The van der Waals surface area contributed by atoms with E-state index in [-0.39, 0.29) is 17.7 Å². The standard InChI is InChI=1S/C8H13NO.C5H9NO.C3H5Br/c1-2-4-7-5-3-6-9-8(7)10;7-5-3-1-2-4-6-5;1-2-3-4/h2,7H,1,3-6H2,(H,9,10);1-4H2,(H,6,7);2H,1,3H2. The molecule has 4 nitrogen and oxygen atoms in total. The van der Waals surface area contributed by atoms with Crippen molar-refractivity contribution in [3.63, 3.8) is 0 Å². The minimum Gasteiger partial charge on any atom is -0.356 e. The predicted octanol–water partition coefficient (Wildman–Crippen LogP) is 2.94. The molecule has 0 aromatic rings. The van der Waals surface area contributed by atoms with E-state index in [1.165, 1.54) is 0 Å². The molecule has 0 aromatic heterocycles. The minimum absolute atomic E-state index is 0.200. The van der Waals surface area contributed by atoms with E-state index in [1.807, 2.05) is 6.08 Å². The quantitative estimate of drug-likeness (QED) is 0.601. The highest BCUT2D eigenvalue weighted by Crippen LogP contribution is 2.14. The topological polar surface area (TPSA) is 58.2 Å². The Morgan fingerprint density at radius 2 is 1.76 bits per heavy atom. The summed E-state index contributed by atoms with van der Waals surface area (Å²) in [7, 11) is 0. The Kier molecular flexibility index (Phi) is 13.1. The zero-order valence-corrected chi connectivity index (χ0v) is 14.3. The molecule has 0 bridgehead atoms. The van der Waals surface area contributed by atoms with Gasteiger partial charge in [0.25, 0.3) is 0 Å². The van der Waals surface area contributed by atoms with Gasteiger partial charge in [-0.25, -0.2) is 0 Å². The lowest BCUT2D eigenvalue weighted by Crippen LogP contribution is -2.36. The summed E-state index contributed by atoms with van der Waals surface area (Å²) in [5.41, 5.74) is 0. The van der Waals surface area contributed by atoms with E-state index in [9.17, 15) is 9.59 Å². The average Bonchev–Trinajstić information content (AvgIpc) is 2.51. The number of nitrogens with one attached hydrogen (secondary N) is 2. The molecule has 2 saturated heterocycles. The van der Waals surface area contributed by atoms with Gasteiger partial charge >= 0.3 is 0 Å². The second-order valence-corrected chi connectivity index (χ2v) is 5.55. The Balaban J connectivity index is 0.000000317. The van der Waals surface area contributed by atoms with Crippen LogP contribution in [0.25, 0.3) is 0 Å². The molecule has 21 heavy (non-hydrogen) atoms. The largest absolute Gasteiger partial charge is 0.356 e. The predicted molar refractivity (Wildman–Crippen MR) is 91.4 cm³/mol. The Morgan fingerprint density at radius 3 is 2.14 bits per heavy atom. The number of rotatable bonds is 3. The van der Waals surface area contributed by atoms with E-state index in [4.69, 9.17) is 0 Å². The molecule has 0 aromatic carbocycles. The van der Waals surface area contributed by atoms with E-state index in [2.05, 4.69) is 39.7 Å².